The van der Waals surface area contributed by atoms with Crippen molar-refractivity contribution in [3.8, 4) is 0 Å². The van der Waals surface area contributed by atoms with E-state index in [1.807, 2.05) is 0 Å². The largest absolute Gasteiger partial charge is 0.352 e. The Labute approximate surface area is 156 Å². The molecule has 0 spiro atoms. The Morgan fingerprint density at radius 2 is 2.24 bits per heavy atom. The van der Waals surface area contributed by atoms with Crippen LogP contribution in [-0.4, -0.2) is 33.0 Å². The maximum atomic E-state index is 11.9. The number of rotatable bonds is 8. The third kappa shape index (κ3) is 4.95. The third-order valence-electron chi connectivity index (χ3n) is 4.36. The molecule has 1 aliphatic rings. The first-order chi connectivity index (χ1) is 12.3. The zero-order valence-electron chi connectivity index (χ0n) is 14.3. The highest BCUT2D eigenvalue weighted by Crippen LogP contribution is 2.33. The predicted molar refractivity (Wildman–Crippen MR) is 103 cm³/mol. The summed E-state index contributed by atoms with van der Waals surface area (Å²) in [6, 6.07) is 4.67. The Balaban J connectivity index is 1.75. The Bertz CT molecular complexity index is 690. The molecular weight excluding hydrogens is 352 g/mol. The van der Waals surface area contributed by atoms with E-state index >= 15 is 0 Å². The van der Waals surface area contributed by atoms with Crippen LogP contribution in [0.4, 0.5) is 0 Å². The Morgan fingerprint density at radius 3 is 2.96 bits per heavy atom. The number of nitrogens with one attached hydrogen (secondary N) is 1. The fourth-order valence-corrected chi connectivity index (χ4v) is 4.72. The summed E-state index contributed by atoms with van der Waals surface area (Å²) < 4.78 is 2.30. The Kier molecular flexibility index (Phi) is 6.69. The summed E-state index contributed by atoms with van der Waals surface area (Å²) in [7, 11) is 0. The van der Waals surface area contributed by atoms with Crippen molar-refractivity contribution in [1.82, 2.24) is 20.1 Å². The van der Waals surface area contributed by atoms with Crippen molar-refractivity contribution in [2.24, 2.45) is 0 Å². The van der Waals surface area contributed by atoms with Gasteiger partial charge in [-0.1, -0.05) is 43.2 Å². The molecule has 5 nitrogen and oxygen atoms in total. The maximum Gasteiger partial charge on any atom is 0.230 e. The van der Waals surface area contributed by atoms with E-state index in [-0.39, 0.29) is 5.91 Å². The van der Waals surface area contributed by atoms with Gasteiger partial charge in [-0.05, 0) is 24.3 Å². The van der Waals surface area contributed by atoms with Crippen LogP contribution in [0.1, 0.15) is 48.8 Å². The van der Waals surface area contributed by atoms with Gasteiger partial charge in [-0.3, -0.25) is 4.79 Å². The van der Waals surface area contributed by atoms with Crippen LogP contribution in [0.15, 0.2) is 35.3 Å². The minimum atomic E-state index is 0.00269. The maximum absolute atomic E-state index is 11.9. The van der Waals surface area contributed by atoms with Crippen LogP contribution < -0.4 is 5.32 Å². The molecule has 3 rings (SSSR count). The van der Waals surface area contributed by atoms with Crippen LogP contribution in [0, 0.1) is 0 Å². The molecule has 0 atom stereocenters. The molecule has 25 heavy (non-hydrogen) atoms. The molecule has 0 aliphatic heterocycles. The van der Waals surface area contributed by atoms with Crippen LogP contribution >= 0.6 is 23.1 Å². The van der Waals surface area contributed by atoms with Gasteiger partial charge in [-0.2, -0.15) is 0 Å². The quantitative estimate of drug-likeness (QED) is 0.562. The standard InChI is InChI=1S/C18H24N4OS2/c1-2-10-19-17(23)13-25-18-21-20-16(12-15-9-6-11-24-15)22(18)14-7-4-3-5-8-14/h2,6,9,11,14H,1,3-5,7-8,10,12-13H2,(H,19,23). The lowest BCUT2D eigenvalue weighted by atomic mass is 9.95. The average Bonchev–Trinajstić information content (AvgIpc) is 3.29. The van der Waals surface area contributed by atoms with Crippen LogP contribution in [-0.2, 0) is 11.2 Å². The van der Waals surface area contributed by atoms with Gasteiger partial charge in [-0.15, -0.1) is 28.1 Å². The minimum Gasteiger partial charge on any atom is -0.352 e. The molecule has 0 aromatic carbocycles. The van der Waals surface area contributed by atoms with E-state index in [0.717, 1.165) is 17.4 Å². The van der Waals surface area contributed by atoms with Crippen molar-refractivity contribution in [3.63, 3.8) is 0 Å². The number of aromatic nitrogens is 3. The van der Waals surface area contributed by atoms with Gasteiger partial charge in [0.15, 0.2) is 5.16 Å². The van der Waals surface area contributed by atoms with Crippen LogP contribution in [0.3, 0.4) is 0 Å². The van der Waals surface area contributed by atoms with Crippen molar-refractivity contribution in [2.75, 3.05) is 12.3 Å². The summed E-state index contributed by atoms with van der Waals surface area (Å²) >= 11 is 3.23. The topological polar surface area (TPSA) is 59.8 Å². The molecule has 2 heterocycles. The fourth-order valence-electron chi connectivity index (χ4n) is 3.17. The first-order valence-electron chi connectivity index (χ1n) is 8.74. The van der Waals surface area contributed by atoms with Crippen LogP contribution in [0.25, 0.3) is 0 Å². The van der Waals surface area contributed by atoms with Crippen molar-refractivity contribution in [2.45, 2.75) is 49.7 Å². The van der Waals surface area contributed by atoms with E-state index in [1.165, 1.54) is 48.7 Å². The number of carbonyl (C=O) groups is 1. The van der Waals surface area contributed by atoms with Crippen LogP contribution in [0.5, 0.6) is 0 Å². The number of amides is 1. The number of carbonyl (C=O) groups excluding carboxylic acids is 1. The SMILES string of the molecule is C=CCNC(=O)CSc1nnc(Cc2cccs2)n1C1CCCCC1. The van der Waals surface area contributed by atoms with E-state index in [2.05, 4.69) is 44.2 Å². The molecule has 1 fully saturated rings. The van der Waals surface area contributed by atoms with E-state index in [9.17, 15) is 4.79 Å². The van der Waals surface area contributed by atoms with Gasteiger partial charge in [0.25, 0.3) is 0 Å². The number of hydrogen-bond donors (Lipinski definition) is 1. The predicted octanol–water partition coefficient (Wildman–Crippen LogP) is 3.83. The second-order valence-electron chi connectivity index (χ2n) is 6.20. The van der Waals surface area contributed by atoms with Gasteiger partial charge >= 0.3 is 0 Å². The van der Waals surface area contributed by atoms with E-state index in [4.69, 9.17) is 0 Å². The van der Waals surface area contributed by atoms with Gasteiger partial charge in [0.1, 0.15) is 5.82 Å². The summed E-state index contributed by atoms with van der Waals surface area (Å²) in [5, 5.41) is 14.6. The monoisotopic (exact) mass is 376 g/mol. The van der Waals surface area contributed by atoms with Crippen LogP contribution in [0.2, 0.25) is 0 Å². The van der Waals surface area contributed by atoms with Crippen molar-refractivity contribution in [1.29, 1.82) is 0 Å². The summed E-state index contributed by atoms with van der Waals surface area (Å²) in [6.45, 7) is 4.12. The second-order valence-corrected chi connectivity index (χ2v) is 8.17. The summed E-state index contributed by atoms with van der Waals surface area (Å²) in [4.78, 5) is 13.2. The van der Waals surface area contributed by atoms with Crippen molar-refractivity contribution < 1.29 is 4.79 Å². The van der Waals surface area contributed by atoms with Gasteiger partial charge in [0.2, 0.25) is 5.91 Å². The van der Waals surface area contributed by atoms with Crippen molar-refractivity contribution in [3.05, 3.63) is 40.9 Å². The van der Waals surface area contributed by atoms with Gasteiger partial charge in [0.05, 0.1) is 5.75 Å². The second kappa shape index (κ2) is 9.20. The number of thiophene rings is 1. The van der Waals surface area contributed by atoms with Crippen molar-refractivity contribution >= 4 is 29.0 Å². The lowest BCUT2D eigenvalue weighted by Gasteiger charge is -2.25. The molecule has 0 radical (unpaired) electrons. The lowest BCUT2D eigenvalue weighted by molar-refractivity contribution is -0.118. The normalized spacial score (nSPS) is 15.2. The summed E-state index contributed by atoms with van der Waals surface area (Å²) in [6.07, 6.45) is 8.66. The average molecular weight is 377 g/mol. The van der Waals surface area contributed by atoms with Gasteiger partial charge < -0.3 is 9.88 Å². The molecule has 0 unspecified atom stereocenters. The minimum absolute atomic E-state index is 0.00269. The highest BCUT2D eigenvalue weighted by atomic mass is 32.2. The molecule has 2 aromatic heterocycles. The molecule has 0 saturated heterocycles. The summed E-state index contributed by atoms with van der Waals surface area (Å²) in [5.41, 5.74) is 0. The third-order valence-corrected chi connectivity index (χ3v) is 6.18. The molecule has 134 valence electrons. The van der Waals surface area contributed by atoms with Gasteiger partial charge in [-0.25, -0.2) is 0 Å². The number of thioether (sulfide) groups is 1. The molecule has 1 N–H and O–H groups in total. The first-order valence-corrected chi connectivity index (χ1v) is 10.6. The molecule has 2 aromatic rings. The highest BCUT2D eigenvalue weighted by Gasteiger charge is 2.23. The number of nitrogens with zero attached hydrogens (tertiary/aromatic N) is 3. The Morgan fingerprint density at radius 1 is 1.40 bits per heavy atom. The zero-order valence-corrected chi connectivity index (χ0v) is 16.0. The number of hydrogen-bond acceptors (Lipinski definition) is 5. The fraction of sp³-hybridized carbons (Fsp3) is 0.500. The van der Waals surface area contributed by atoms with E-state index in [1.54, 1.807) is 17.4 Å². The molecule has 1 saturated carbocycles. The van der Waals surface area contributed by atoms with Gasteiger partial charge in [0, 0.05) is 23.9 Å². The molecule has 1 aliphatic carbocycles. The van der Waals surface area contributed by atoms with E-state index < -0.39 is 0 Å². The van der Waals surface area contributed by atoms with E-state index in [0.29, 0.717) is 18.3 Å². The smallest absolute Gasteiger partial charge is 0.230 e. The first kappa shape index (κ1) is 18.2. The summed E-state index contributed by atoms with van der Waals surface area (Å²) in [5.74, 6) is 1.38. The molecule has 1 amide bonds. The molecule has 7 heteroatoms. The molecule has 0 bridgehead atoms. The highest BCUT2D eigenvalue weighted by molar-refractivity contribution is 7.99. The lowest BCUT2D eigenvalue weighted by Crippen LogP contribution is -2.25. The zero-order chi connectivity index (χ0) is 17.5. The molecular formula is C18H24N4OS2. The Hall–Kier alpha value is -1.60.